The van der Waals surface area contributed by atoms with Crippen molar-refractivity contribution in [3.05, 3.63) is 59.1 Å². The highest BCUT2D eigenvalue weighted by Crippen LogP contribution is 2.16. The third-order valence-corrected chi connectivity index (χ3v) is 2.71. The van der Waals surface area contributed by atoms with Crippen molar-refractivity contribution in [1.82, 2.24) is 0 Å². The predicted molar refractivity (Wildman–Crippen MR) is 75.3 cm³/mol. The van der Waals surface area contributed by atoms with Crippen molar-refractivity contribution in [3.8, 4) is 0 Å². The van der Waals surface area contributed by atoms with Gasteiger partial charge in [-0.3, -0.25) is 0 Å². The molecule has 18 heavy (non-hydrogen) atoms. The Bertz CT molecular complexity index is 569. The zero-order valence-electron chi connectivity index (χ0n) is 9.91. The maximum atomic E-state index is 11.8. The van der Waals surface area contributed by atoms with Gasteiger partial charge in [-0.05, 0) is 36.8 Å². The number of hydrogen-bond donors (Lipinski definition) is 2. The Morgan fingerprint density at radius 2 is 1.83 bits per heavy atom. The van der Waals surface area contributed by atoms with E-state index in [9.17, 15) is 4.79 Å². The summed E-state index contributed by atoms with van der Waals surface area (Å²) < 4.78 is 0. The first-order valence-corrected chi connectivity index (χ1v) is 5.92. The topological polar surface area (TPSA) is 41.1 Å². The maximum Gasteiger partial charge on any atom is 0.323 e. The van der Waals surface area contributed by atoms with Crippen molar-refractivity contribution >= 4 is 29.0 Å². The van der Waals surface area contributed by atoms with Gasteiger partial charge in [0.15, 0.2) is 0 Å². The number of para-hydroxylation sites is 1. The van der Waals surface area contributed by atoms with Gasteiger partial charge < -0.3 is 10.6 Å². The fraction of sp³-hybridized carbons (Fsp3) is 0.0714. The molecular weight excluding hydrogens is 248 g/mol. The number of halogens is 1. The van der Waals surface area contributed by atoms with Crippen LogP contribution in [-0.2, 0) is 0 Å². The van der Waals surface area contributed by atoms with Gasteiger partial charge in [0.1, 0.15) is 0 Å². The van der Waals surface area contributed by atoms with Crippen LogP contribution >= 0.6 is 11.6 Å². The highest BCUT2D eigenvalue weighted by Gasteiger charge is 2.04. The van der Waals surface area contributed by atoms with Crippen molar-refractivity contribution < 1.29 is 4.79 Å². The lowest BCUT2D eigenvalue weighted by Crippen LogP contribution is -2.19. The summed E-state index contributed by atoms with van der Waals surface area (Å²) in [5, 5.41) is 6.10. The molecule has 0 aliphatic heterocycles. The number of anilines is 2. The summed E-state index contributed by atoms with van der Waals surface area (Å²) in [6.07, 6.45) is 0. The zero-order chi connectivity index (χ0) is 13.0. The molecule has 0 fully saturated rings. The third kappa shape index (κ3) is 3.25. The van der Waals surface area contributed by atoms with Crippen LogP contribution in [0.4, 0.5) is 16.2 Å². The lowest BCUT2D eigenvalue weighted by atomic mass is 10.2. The van der Waals surface area contributed by atoms with E-state index in [1.54, 1.807) is 24.3 Å². The number of urea groups is 1. The molecule has 0 unspecified atom stereocenters. The van der Waals surface area contributed by atoms with Crippen molar-refractivity contribution in [2.75, 3.05) is 10.6 Å². The summed E-state index contributed by atoms with van der Waals surface area (Å²) in [6.45, 7) is 1.94. The predicted octanol–water partition coefficient (Wildman–Crippen LogP) is 4.29. The van der Waals surface area contributed by atoms with Gasteiger partial charge in [-0.2, -0.15) is 0 Å². The molecule has 0 bridgehead atoms. The summed E-state index contributed by atoms with van der Waals surface area (Å²) in [5.74, 6) is 0. The first-order chi connectivity index (χ1) is 8.65. The first kappa shape index (κ1) is 12.5. The Morgan fingerprint density at radius 3 is 2.56 bits per heavy atom. The molecular formula is C14H13ClN2O. The van der Waals surface area contributed by atoms with E-state index in [2.05, 4.69) is 10.6 Å². The molecule has 0 aliphatic rings. The molecule has 0 aromatic heterocycles. The van der Waals surface area contributed by atoms with Crippen LogP contribution in [0.2, 0.25) is 5.02 Å². The minimum atomic E-state index is -0.286. The zero-order valence-corrected chi connectivity index (χ0v) is 10.7. The number of nitrogens with one attached hydrogen (secondary N) is 2. The smallest absolute Gasteiger partial charge is 0.308 e. The third-order valence-electron chi connectivity index (χ3n) is 2.48. The number of amides is 2. The lowest BCUT2D eigenvalue weighted by molar-refractivity contribution is 0.262. The van der Waals surface area contributed by atoms with Crippen LogP contribution < -0.4 is 10.6 Å². The monoisotopic (exact) mass is 260 g/mol. The molecule has 2 amide bonds. The molecule has 2 aromatic carbocycles. The molecule has 3 nitrogen and oxygen atoms in total. The normalized spacial score (nSPS) is 9.89. The second-order valence-corrected chi connectivity index (χ2v) is 4.34. The van der Waals surface area contributed by atoms with E-state index in [1.807, 2.05) is 31.2 Å². The van der Waals surface area contributed by atoms with Crippen LogP contribution in [0.3, 0.4) is 0 Å². The number of aryl methyl sites for hydroxylation is 1. The Hall–Kier alpha value is -2.00. The average molecular weight is 261 g/mol. The molecule has 0 atom stereocenters. The molecule has 4 heteroatoms. The Labute approximate surface area is 111 Å². The van der Waals surface area contributed by atoms with Gasteiger partial charge in [0.25, 0.3) is 0 Å². The summed E-state index contributed by atoms with van der Waals surface area (Å²) >= 11 is 5.84. The Morgan fingerprint density at radius 1 is 1.06 bits per heavy atom. The number of carbonyl (C=O) groups excluding carboxylic acids is 1. The second kappa shape index (κ2) is 5.56. The van der Waals surface area contributed by atoms with E-state index in [1.165, 1.54) is 0 Å². The molecule has 0 radical (unpaired) electrons. The summed E-state index contributed by atoms with van der Waals surface area (Å²) in [6, 6.07) is 14.3. The van der Waals surface area contributed by atoms with Gasteiger partial charge in [0.2, 0.25) is 0 Å². The van der Waals surface area contributed by atoms with Gasteiger partial charge in [-0.1, -0.05) is 35.9 Å². The number of carbonyl (C=O) groups is 1. The maximum absolute atomic E-state index is 11.8. The van der Waals surface area contributed by atoms with Crippen LogP contribution in [0.1, 0.15) is 5.56 Å². The molecule has 92 valence electrons. The summed E-state index contributed by atoms with van der Waals surface area (Å²) in [7, 11) is 0. The van der Waals surface area contributed by atoms with E-state index in [4.69, 9.17) is 11.6 Å². The van der Waals surface area contributed by atoms with Crippen LogP contribution in [0.5, 0.6) is 0 Å². The van der Waals surface area contributed by atoms with Crippen LogP contribution in [0.25, 0.3) is 0 Å². The molecule has 0 saturated carbocycles. The molecule has 0 spiro atoms. The van der Waals surface area contributed by atoms with Gasteiger partial charge in [-0.25, -0.2) is 4.79 Å². The SMILES string of the molecule is Cc1ccccc1NC(=O)Nc1cccc(Cl)c1. The first-order valence-electron chi connectivity index (χ1n) is 5.54. The van der Waals surface area contributed by atoms with Gasteiger partial charge in [0, 0.05) is 16.4 Å². The minimum Gasteiger partial charge on any atom is -0.308 e. The van der Waals surface area contributed by atoms with Crippen molar-refractivity contribution in [2.24, 2.45) is 0 Å². The summed E-state index contributed by atoms with van der Waals surface area (Å²) in [5.41, 5.74) is 2.46. The fourth-order valence-corrected chi connectivity index (χ4v) is 1.75. The lowest BCUT2D eigenvalue weighted by Gasteiger charge is -2.09. The largest absolute Gasteiger partial charge is 0.323 e. The second-order valence-electron chi connectivity index (χ2n) is 3.90. The Kier molecular flexibility index (Phi) is 3.85. The van der Waals surface area contributed by atoms with Crippen LogP contribution in [-0.4, -0.2) is 6.03 Å². The van der Waals surface area contributed by atoms with Gasteiger partial charge >= 0.3 is 6.03 Å². The number of benzene rings is 2. The van der Waals surface area contributed by atoms with Crippen molar-refractivity contribution in [2.45, 2.75) is 6.92 Å². The quantitative estimate of drug-likeness (QED) is 0.831. The average Bonchev–Trinajstić information content (AvgIpc) is 2.32. The van der Waals surface area contributed by atoms with Crippen LogP contribution in [0.15, 0.2) is 48.5 Å². The van der Waals surface area contributed by atoms with E-state index < -0.39 is 0 Å². The number of rotatable bonds is 2. The van der Waals surface area contributed by atoms with Crippen molar-refractivity contribution in [1.29, 1.82) is 0 Å². The Balaban J connectivity index is 2.03. The van der Waals surface area contributed by atoms with Gasteiger partial charge in [-0.15, -0.1) is 0 Å². The molecule has 0 aliphatic carbocycles. The molecule has 2 rings (SSSR count). The summed E-state index contributed by atoms with van der Waals surface area (Å²) in [4.78, 5) is 11.8. The number of hydrogen-bond acceptors (Lipinski definition) is 1. The highest BCUT2D eigenvalue weighted by atomic mass is 35.5. The molecule has 2 aromatic rings. The molecule has 0 saturated heterocycles. The van der Waals surface area contributed by atoms with E-state index in [0.717, 1.165) is 11.3 Å². The van der Waals surface area contributed by atoms with Crippen molar-refractivity contribution in [3.63, 3.8) is 0 Å². The molecule has 0 heterocycles. The van der Waals surface area contributed by atoms with E-state index >= 15 is 0 Å². The minimum absolute atomic E-state index is 0.286. The standard InChI is InChI=1S/C14H13ClN2O/c1-10-5-2-3-8-13(10)17-14(18)16-12-7-4-6-11(15)9-12/h2-9H,1H3,(H2,16,17,18). The highest BCUT2D eigenvalue weighted by molar-refractivity contribution is 6.30. The van der Waals surface area contributed by atoms with E-state index in [0.29, 0.717) is 10.7 Å². The van der Waals surface area contributed by atoms with Crippen LogP contribution in [0, 0.1) is 6.92 Å². The van der Waals surface area contributed by atoms with E-state index in [-0.39, 0.29) is 6.03 Å². The van der Waals surface area contributed by atoms with Gasteiger partial charge in [0.05, 0.1) is 0 Å². The molecule has 2 N–H and O–H groups in total. The fourth-order valence-electron chi connectivity index (χ4n) is 1.56.